The van der Waals surface area contributed by atoms with Crippen molar-refractivity contribution in [3.8, 4) is 0 Å². The van der Waals surface area contributed by atoms with Crippen molar-refractivity contribution in [1.82, 2.24) is 0 Å². The molecule has 1 unspecified atom stereocenters. The van der Waals surface area contributed by atoms with Gasteiger partial charge in [0.05, 0.1) is 0 Å². The summed E-state index contributed by atoms with van der Waals surface area (Å²) in [4.78, 5) is 10.9. The van der Waals surface area contributed by atoms with Gasteiger partial charge in [0.2, 0.25) is 0 Å². The van der Waals surface area contributed by atoms with Crippen LogP contribution < -0.4 is 0 Å². The van der Waals surface area contributed by atoms with E-state index >= 15 is 0 Å². The van der Waals surface area contributed by atoms with Crippen molar-refractivity contribution in [2.24, 2.45) is 0 Å². The first kappa shape index (κ1) is 8.05. The highest BCUT2D eigenvalue weighted by Crippen LogP contribution is 2.25. The number of allylic oxidation sites excluding steroid dienone is 1. The van der Waals surface area contributed by atoms with Gasteiger partial charge in [0.15, 0.2) is 5.78 Å². The largest absolute Gasteiger partial charge is 0.490 e. The zero-order valence-corrected chi connectivity index (χ0v) is 6.89. The zero-order valence-electron chi connectivity index (χ0n) is 6.89. The van der Waals surface area contributed by atoms with Crippen molar-refractivity contribution in [1.29, 1.82) is 0 Å². The molecule has 0 N–H and O–H groups in total. The Balaban J connectivity index is 2.74. The second kappa shape index (κ2) is 2.91. The standard InChI is InChI=1S/C9H12O2/c1-4-8-5-9(6(2)10)7(3)11-8/h4,8H,1,5H2,2-3H3. The Hall–Kier alpha value is -1.05. The Labute approximate surface area is 66.5 Å². The Kier molecular flexibility index (Phi) is 2.13. The lowest BCUT2D eigenvalue weighted by molar-refractivity contribution is -0.113. The smallest absolute Gasteiger partial charge is 0.159 e. The zero-order chi connectivity index (χ0) is 8.43. The van der Waals surface area contributed by atoms with E-state index in [2.05, 4.69) is 6.58 Å². The summed E-state index contributed by atoms with van der Waals surface area (Å²) in [5.74, 6) is 0.856. The average molecular weight is 152 g/mol. The lowest BCUT2D eigenvalue weighted by Crippen LogP contribution is -2.01. The molecule has 0 spiro atoms. The first-order valence-corrected chi connectivity index (χ1v) is 3.65. The van der Waals surface area contributed by atoms with Crippen LogP contribution in [0.1, 0.15) is 20.3 Å². The van der Waals surface area contributed by atoms with Gasteiger partial charge >= 0.3 is 0 Å². The minimum Gasteiger partial charge on any atom is -0.490 e. The van der Waals surface area contributed by atoms with E-state index in [1.807, 2.05) is 6.92 Å². The van der Waals surface area contributed by atoms with Crippen molar-refractivity contribution in [3.05, 3.63) is 24.0 Å². The van der Waals surface area contributed by atoms with Gasteiger partial charge in [-0.2, -0.15) is 0 Å². The normalized spacial score (nSPS) is 23.3. The molecule has 0 aromatic rings. The fourth-order valence-electron chi connectivity index (χ4n) is 1.21. The molecule has 0 saturated carbocycles. The van der Waals surface area contributed by atoms with E-state index in [0.717, 1.165) is 11.3 Å². The fourth-order valence-corrected chi connectivity index (χ4v) is 1.21. The third kappa shape index (κ3) is 1.50. The highest BCUT2D eigenvalue weighted by Gasteiger charge is 2.22. The molecule has 0 fully saturated rings. The SMILES string of the molecule is C=CC1CC(C(C)=O)=C(C)O1. The maximum absolute atomic E-state index is 10.9. The van der Waals surface area contributed by atoms with Gasteiger partial charge in [-0.1, -0.05) is 12.7 Å². The van der Waals surface area contributed by atoms with Crippen molar-refractivity contribution in [3.63, 3.8) is 0 Å². The monoisotopic (exact) mass is 152 g/mol. The third-order valence-corrected chi connectivity index (χ3v) is 1.85. The van der Waals surface area contributed by atoms with E-state index in [1.54, 1.807) is 13.0 Å². The first-order chi connectivity index (χ1) is 5.15. The van der Waals surface area contributed by atoms with Crippen LogP contribution in [-0.4, -0.2) is 11.9 Å². The maximum Gasteiger partial charge on any atom is 0.159 e. The Morgan fingerprint density at radius 3 is 2.73 bits per heavy atom. The lowest BCUT2D eigenvalue weighted by atomic mass is 10.1. The topological polar surface area (TPSA) is 26.3 Å². The van der Waals surface area contributed by atoms with E-state index in [0.29, 0.717) is 6.42 Å². The summed E-state index contributed by atoms with van der Waals surface area (Å²) in [5.41, 5.74) is 0.801. The molecule has 11 heavy (non-hydrogen) atoms. The van der Waals surface area contributed by atoms with Gasteiger partial charge in [-0.05, 0) is 13.8 Å². The van der Waals surface area contributed by atoms with Gasteiger partial charge in [-0.25, -0.2) is 0 Å². The molecule has 1 heterocycles. The molecule has 1 atom stereocenters. The molecule has 0 amide bonds. The molecule has 1 aliphatic rings. The van der Waals surface area contributed by atoms with E-state index in [1.165, 1.54) is 0 Å². The number of carbonyl (C=O) groups is 1. The molecule has 0 aromatic heterocycles. The quantitative estimate of drug-likeness (QED) is 0.564. The molecule has 60 valence electrons. The summed E-state index contributed by atoms with van der Waals surface area (Å²) in [7, 11) is 0. The van der Waals surface area contributed by atoms with Crippen LogP contribution in [0.15, 0.2) is 24.0 Å². The summed E-state index contributed by atoms with van der Waals surface area (Å²) < 4.78 is 5.33. The molecule has 0 saturated heterocycles. The predicted octanol–water partition coefficient (Wildman–Crippen LogP) is 1.82. The van der Waals surface area contributed by atoms with Gasteiger partial charge in [0, 0.05) is 12.0 Å². The van der Waals surface area contributed by atoms with E-state index in [4.69, 9.17) is 4.74 Å². The number of rotatable bonds is 2. The summed E-state index contributed by atoms with van der Waals surface area (Å²) in [6.07, 6.45) is 2.42. The van der Waals surface area contributed by atoms with Crippen molar-refractivity contribution in [2.75, 3.05) is 0 Å². The maximum atomic E-state index is 10.9. The number of hydrogen-bond acceptors (Lipinski definition) is 2. The Morgan fingerprint density at radius 2 is 2.45 bits per heavy atom. The summed E-state index contributed by atoms with van der Waals surface area (Å²) in [6.45, 7) is 6.99. The molecule has 2 nitrogen and oxygen atoms in total. The van der Waals surface area contributed by atoms with Crippen LogP contribution in [0, 0.1) is 0 Å². The molecular formula is C9H12O2. The van der Waals surface area contributed by atoms with E-state index < -0.39 is 0 Å². The second-order valence-corrected chi connectivity index (χ2v) is 2.69. The number of ketones is 1. The van der Waals surface area contributed by atoms with Gasteiger partial charge in [-0.15, -0.1) is 0 Å². The van der Waals surface area contributed by atoms with Gasteiger partial charge in [-0.3, -0.25) is 4.79 Å². The summed E-state index contributed by atoms with van der Waals surface area (Å²) >= 11 is 0. The molecule has 0 bridgehead atoms. The Morgan fingerprint density at radius 1 is 1.82 bits per heavy atom. The third-order valence-electron chi connectivity index (χ3n) is 1.85. The van der Waals surface area contributed by atoms with Crippen LogP contribution in [0.2, 0.25) is 0 Å². The van der Waals surface area contributed by atoms with Crippen molar-refractivity contribution < 1.29 is 9.53 Å². The molecule has 2 heteroatoms. The summed E-state index contributed by atoms with van der Waals surface area (Å²) in [5, 5.41) is 0. The second-order valence-electron chi connectivity index (χ2n) is 2.69. The van der Waals surface area contributed by atoms with Gasteiger partial charge < -0.3 is 4.74 Å². The minimum atomic E-state index is 0.00824. The lowest BCUT2D eigenvalue weighted by Gasteiger charge is -2.03. The molecule has 1 aliphatic heterocycles. The first-order valence-electron chi connectivity index (χ1n) is 3.65. The predicted molar refractivity (Wildman–Crippen MR) is 43.1 cm³/mol. The number of Topliss-reactive ketones (excluding diaryl/α,β-unsaturated/α-hetero) is 1. The number of hydrogen-bond donors (Lipinski definition) is 0. The van der Waals surface area contributed by atoms with Crippen LogP contribution in [0.4, 0.5) is 0 Å². The van der Waals surface area contributed by atoms with Gasteiger partial charge in [0.1, 0.15) is 11.9 Å². The summed E-state index contributed by atoms with van der Waals surface area (Å²) in [6, 6.07) is 0. The van der Waals surface area contributed by atoms with E-state index in [-0.39, 0.29) is 11.9 Å². The van der Waals surface area contributed by atoms with Crippen molar-refractivity contribution >= 4 is 5.78 Å². The highest BCUT2D eigenvalue weighted by molar-refractivity contribution is 5.94. The molecule has 0 aromatic carbocycles. The Bertz CT molecular complexity index is 226. The molecule has 0 radical (unpaired) electrons. The minimum absolute atomic E-state index is 0.00824. The van der Waals surface area contributed by atoms with Gasteiger partial charge in [0.25, 0.3) is 0 Å². The van der Waals surface area contributed by atoms with Crippen molar-refractivity contribution in [2.45, 2.75) is 26.4 Å². The van der Waals surface area contributed by atoms with E-state index in [9.17, 15) is 4.79 Å². The fraction of sp³-hybridized carbons (Fsp3) is 0.444. The van der Waals surface area contributed by atoms with Crippen LogP contribution in [-0.2, 0) is 9.53 Å². The highest BCUT2D eigenvalue weighted by atomic mass is 16.5. The number of carbonyl (C=O) groups excluding carboxylic acids is 1. The van der Waals surface area contributed by atoms with Crippen LogP contribution in [0.5, 0.6) is 0 Å². The van der Waals surface area contributed by atoms with Crippen LogP contribution >= 0.6 is 0 Å². The average Bonchev–Trinajstić information content (AvgIpc) is 2.30. The molecule has 1 rings (SSSR count). The van der Waals surface area contributed by atoms with Crippen LogP contribution in [0.25, 0.3) is 0 Å². The molecule has 0 aliphatic carbocycles. The number of ether oxygens (including phenoxy) is 1. The van der Waals surface area contributed by atoms with Crippen LogP contribution in [0.3, 0.4) is 0 Å². The molecular weight excluding hydrogens is 140 g/mol.